The summed E-state index contributed by atoms with van der Waals surface area (Å²) in [5, 5.41) is 3.20. The summed E-state index contributed by atoms with van der Waals surface area (Å²) >= 11 is 6.04. The van der Waals surface area contributed by atoms with Crippen LogP contribution in [-0.4, -0.2) is 29.8 Å². The van der Waals surface area contributed by atoms with Crippen LogP contribution in [0.25, 0.3) is 0 Å². The molecule has 150 valence electrons. The van der Waals surface area contributed by atoms with Gasteiger partial charge in [0.15, 0.2) is 6.10 Å². The van der Waals surface area contributed by atoms with Crippen LogP contribution in [0.4, 0.5) is 11.4 Å². The molecular weight excluding hydrogens is 396 g/mol. The monoisotopic (exact) mass is 414 g/mol. The van der Waals surface area contributed by atoms with E-state index in [1.54, 1.807) is 25.1 Å². The van der Waals surface area contributed by atoms with Crippen LogP contribution in [-0.2, 0) is 19.1 Å². The number of amides is 3. The molecule has 1 saturated heterocycles. The van der Waals surface area contributed by atoms with Crippen LogP contribution in [0.15, 0.2) is 42.5 Å². The van der Waals surface area contributed by atoms with Crippen LogP contribution in [0.3, 0.4) is 0 Å². The normalized spacial score (nSPS) is 14.7. The van der Waals surface area contributed by atoms with Crippen molar-refractivity contribution in [3.05, 3.63) is 58.6 Å². The molecule has 0 aromatic heterocycles. The van der Waals surface area contributed by atoms with Gasteiger partial charge in [0.1, 0.15) is 0 Å². The maximum atomic E-state index is 12.3. The first-order valence-electron chi connectivity index (χ1n) is 9.00. The molecule has 8 heteroatoms. The Kier molecular flexibility index (Phi) is 5.98. The van der Waals surface area contributed by atoms with Crippen LogP contribution >= 0.6 is 11.6 Å². The molecule has 1 N–H and O–H groups in total. The molecule has 1 atom stereocenters. The van der Waals surface area contributed by atoms with Gasteiger partial charge in [-0.3, -0.25) is 19.3 Å². The summed E-state index contributed by atoms with van der Waals surface area (Å²) in [5.41, 5.74) is 1.85. The highest BCUT2D eigenvalue weighted by Gasteiger charge is 2.30. The Balaban J connectivity index is 1.63. The molecule has 3 rings (SSSR count). The third kappa shape index (κ3) is 4.46. The molecule has 1 aliphatic heterocycles. The molecule has 0 radical (unpaired) electrons. The maximum absolute atomic E-state index is 12.3. The lowest BCUT2D eigenvalue weighted by Gasteiger charge is -2.16. The van der Waals surface area contributed by atoms with Crippen molar-refractivity contribution in [3.63, 3.8) is 0 Å². The highest BCUT2D eigenvalue weighted by atomic mass is 35.5. The summed E-state index contributed by atoms with van der Waals surface area (Å²) in [6, 6.07) is 11.0. The lowest BCUT2D eigenvalue weighted by atomic mass is 10.2. The number of anilines is 2. The fourth-order valence-electron chi connectivity index (χ4n) is 2.87. The summed E-state index contributed by atoms with van der Waals surface area (Å²) in [6.07, 6.45) is -0.676. The SMILES string of the molecule is Cc1c(Cl)cccc1NC(=O)[C@@H](C)OC(=O)c1ccc(N2C(=O)CCC2=O)cc1. The van der Waals surface area contributed by atoms with Gasteiger partial charge in [0, 0.05) is 23.6 Å². The molecule has 7 nitrogen and oxygen atoms in total. The van der Waals surface area contributed by atoms with Gasteiger partial charge in [0.2, 0.25) is 11.8 Å². The highest BCUT2D eigenvalue weighted by molar-refractivity contribution is 6.31. The predicted octanol–water partition coefficient (Wildman–Crippen LogP) is 3.49. The molecule has 1 aliphatic rings. The van der Waals surface area contributed by atoms with Crippen LogP contribution in [0, 0.1) is 6.92 Å². The number of nitrogens with zero attached hydrogens (tertiary/aromatic N) is 1. The molecule has 3 amide bonds. The summed E-state index contributed by atoms with van der Waals surface area (Å²) in [4.78, 5) is 49.3. The minimum Gasteiger partial charge on any atom is -0.449 e. The number of imide groups is 1. The van der Waals surface area contributed by atoms with E-state index < -0.39 is 18.0 Å². The first-order chi connectivity index (χ1) is 13.8. The Hall–Kier alpha value is -3.19. The molecule has 2 aromatic rings. The average molecular weight is 415 g/mol. The van der Waals surface area contributed by atoms with Crippen molar-refractivity contribution in [2.45, 2.75) is 32.8 Å². The van der Waals surface area contributed by atoms with Gasteiger partial charge in [-0.05, 0) is 55.8 Å². The predicted molar refractivity (Wildman–Crippen MR) is 108 cm³/mol. The van der Waals surface area contributed by atoms with Gasteiger partial charge in [-0.2, -0.15) is 0 Å². The number of benzene rings is 2. The molecule has 0 saturated carbocycles. The number of nitrogens with one attached hydrogen (secondary N) is 1. The standard InChI is InChI=1S/C21H19ClN2O5/c1-12-16(22)4-3-5-17(12)23-20(27)13(2)29-21(28)14-6-8-15(9-7-14)24-18(25)10-11-19(24)26/h3-9,13H,10-11H2,1-2H3,(H,23,27)/t13-/m1/s1. The van der Waals surface area contributed by atoms with Crippen LogP contribution in [0.1, 0.15) is 35.7 Å². The first kappa shape index (κ1) is 20.5. The van der Waals surface area contributed by atoms with Crippen LogP contribution < -0.4 is 10.2 Å². The van der Waals surface area contributed by atoms with Crippen LogP contribution in [0.5, 0.6) is 0 Å². The second kappa shape index (κ2) is 8.45. The number of rotatable bonds is 5. The molecule has 0 unspecified atom stereocenters. The van der Waals surface area contributed by atoms with Crippen molar-refractivity contribution in [3.8, 4) is 0 Å². The summed E-state index contributed by atoms with van der Waals surface area (Å²) in [6.45, 7) is 3.23. The second-order valence-corrected chi connectivity index (χ2v) is 7.03. The van der Waals surface area contributed by atoms with Gasteiger partial charge >= 0.3 is 5.97 Å². The number of carbonyl (C=O) groups is 4. The zero-order chi connectivity index (χ0) is 21.1. The van der Waals surface area contributed by atoms with E-state index in [9.17, 15) is 19.2 Å². The zero-order valence-electron chi connectivity index (χ0n) is 15.9. The van der Waals surface area contributed by atoms with E-state index in [1.807, 2.05) is 0 Å². The van der Waals surface area contributed by atoms with Crippen LogP contribution in [0.2, 0.25) is 5.02 Å². The molecule has 1 heterocycles. The van der Waals surface area contributed by atoms with Crippen molar-refractivity contribution < 1.29 is 23.9 Å². The Morgan fingerprint density at radius 2 is 1.69 bits per heavy atom. The lowest BCUT2D eigenvalue weighted by Crippen LogP contribution is -2.30. The van der Waals surface area contributed by atoms with E-state index in [1.165, 1.54) is 31.2 Å². The fourth-order valence-corrected chi connectivity index (χ4v) is 3.05. The van der Waals surface area contributed by atoms with Crippen molar-refractivity contribution in [2.75, 3.05) is 10.2 Å². The molecule has 0 aliphatic carbocycles. The number of carbonyl (C=O) groups excluding carboxylic acids is 4. The van der Waals surface area contributed by atoms with Gasteiger partial charge in [0.25, 0.3) is 5.91 Å². The molecule has 1 fully saturated rings. The summed E-state index contributed by atoms with van der Waals surface area (Å²) < 4.78 is 5.22. The number of halogens is 1. The first-order valence-corrected chi connectivity index (χ1v) is 9.38. The van der Waals surface area contributed by atoms with Crippen molar-refractivity contribution in [2.24, 2.45) is 0 Å². The van der Waals surface area contributed by atoms with E-state index in [0.717, 1.165) is 4.90 Å². The fraction of sp³-hybridized carbons (Fsp3) is 0.238. The number of hydrogen-bond donors (Lipinski definition) is 1. The molecule has 29 heavy (non-hydrogen) atoms. The summed E-state index contributed by atoms with van der Waals surface area (Å²) in [5.74, 6) is -1.73. The highest BCUT2D eigenvalue weighted by Crippen LogP contribution is 2.24. The van der Waals surface area contributed by atoms with Crippen molar-refractivity contribution in [1.29, 1.82) is 0 Å². The second-order valence-electron chi connectivity index (χ2n) is 6.62. The van der Waals surface area contributed by atoms with Gasteiger partial charge < -0.3 is 10.1 Å². The van der Waals surface area contributed by atoms with E-state index in [4.69, 9.17) is 16.3 Å². The molecule has 0 spiro atoms. The largest absolute Gasteiger partial charge is 0.449 e. The Bertz CT molecular complexity index is 971. The van der Waals surface area contributed by atoms with E-state index in [-0.39, 0.29) is 30.2 Å². The lowest BCUT2D eigenvalue weighted by molar-refractivity contribution is -0.124. The number of ether oxygens (including phenoxy) is 1. The number of esters is 1. The van der Waals surface area contributed by atoms with E-state index in [2.05, 4.69) is 5.32 Å². The van der Waals surface area contributed by atoms with Gasteiger partial charge in [-0.1, -0.05) is 17.7 Å². The quantitative estimate of drug-likeness (QED) is 0.597. The molecular formula is C21H19ClN2O5. The van der Waals surface area contributed by atoms with Crippen molar-refractivity contribution in [1.82, 2.24) is 0 Å². The number of hydrogen-bond acceptors (Lipinski definition) is 5. The van der Waals surface area contributed by atoms with Gasteiger partial charge in [-0.25, -0.2) is 4.79 Å². The van der Waals surface area contributed by atoms with Crippen molar-refractivity contribution >= 4 is 46.7 Å². The minimum absolute atomic E-state index is 0.182. The van der Waals surface area contributed by atoms with Gasteiger partial charge in [0.05, 0.1) is 11.3 Å². The third-order valence-corrected chi connectivity index (χ3v) is 5.00. The molecule has 2 aromatic carbocycles. The van der Waals surface area contributed by atoms with E-state index >= 15 is 0 Å². The van der Waals surface area contributed by atoms with Gasteiger partial charge in [-0.15, -0.1) is 0 Å². The Morgan fingerprint density at radius 3 is 2.31 bits per heavy atom. The maximum Gasteiger partial charge on any atom is 0.338 e. The van der Waals surface area contributed by atoms with E-state index in [0.29, 0.717) is 22.0 Å². The smallest absolute Gasteiger partial charge is 0.338 e. The zero-order valence-corrected chi connectivity index (χ0v) is 16.7. The Morgan fingerprint density at radius 1 is 1.07 bits per heavy atom. The summed E-state index contributed by atoms with van der Waals surface area (Å²) in [7, 11) is 0. The topological polar surface area (TPSA) is 92.8 Å². The third-order valence-electron chi connectivity index (χ3n) is 4.59. The molecule has 0 bridgehead atoms. The minimum atomic E-state index is -1.04. The average Bonchev–Trinajstić information content (AvgIpc) is 3.03. The Labute approximate surface area is 172 Å².